The number of para-hydroxylation sites is 1. The van der Waals surface area contributed by atoms with Crippen LogP contribution in [-0.4, -0.2) is 28.1 Å². The summed E-state index contributed by atoms with van der Waals surface area (Å²) < 4.78 is 6.78. The molecule has 0 N–H and O–H groups in total. The van der Waals surface area contributed by atoms with Gasteiger partial charge in [0.25, 0.3) is 0 Å². The molecule has 27 heavy (non-hydrogen) atoms. The summed E-state index contributed by atoms with van der Waals surface area (Å²) >= 11 is 3.54. The van der Waals surface area contributed by atoms with Crippen molar-refractivity contribution in [3.8, 4) is 10.6 Å². The lowest BCUT2D eigenvalue weighted by Crippen LogP contribution is -2.39. The molecule has 0 spiro atoms. The van der Waals surface area contributed by atoms with Gasteiger partial charge in [0, 0.05) is 21.9 Å². The standard InChI is InChI=1S/C21H24N2O2S2/c1-12-7-6-8-15-18(12)22-19(27-15)17-13(2)26-16-11-23(10-9-14(16)17)20(24)25-21(3,4)5/h6-8H,9-11H2,1-5H3. The maximum absolute atomic E-state index is 12.4. The Morgan fingerprint density at radius 2 is 2.00 bits per heavy atom. The predicted molar refractivity (Wildman–Crippen MR) is 113 cm³/mol. The maximum atomic E-state index is 12.4. The molecule has 0 bridgehead atoms. The monoisotopic (exact) mass is 400 g/mol. The summed E-state index contributed by atoms with van der Waals surface area (Å²) in [7, 11) is 0. The molecule has 0 unspecified atom stereocenters. The smallest absolute Gasteiger partial charge is 0.410 e. The van der Waals surface area contributed by atoms with Gasteiger partial charge < -0.3 is 9.64 Å². The summed E-state index contributed by atoms with van der Waals surface area (Å²) in [6.07, 6.45) is 0.625. The zero-order valence-corrected chi connectivity index (χ0v) is 18.0. The van der Waals surface area contributed by atoms with Gasteiger partial charge in [-0.1, -0.05) is 12.1 Å². The normalized spacial score (nSPS) is 14.5. The van der Waals surface area contributed by atoms with Crippen LogP contribution in [0.3, 0.4) is 0 Å². The van der Waals surface area contributed by atoms with Crippen LogP contribution in [0.4, 0.5) is 4.79 Å². The Balaban J connectivity index is 1.67. The Morgan fingerprint density at radius 1 is 1.22 bits per heavy atom. The average molecular weight is 401 g/mol. The minimum Gasteiger partial charge on any atom is -0.444 e. The highest BCUT2D eigenvalue weighted by Crippen LogP contribution is 2.42. The predicted octanol–water partition coefficient (Wildman–Crippen LogP) is 5.93. The number of carbonyl (C=O) groups excluding carboxylic acids is 1. The van der Waals surface area contributed by atoms with Crippen molar-refractivity contribution in [2.24, 2.45) is 0 Å². The van der Waals surface area contributed by atoms with Crippen molar-refractivity contribution in [3.05, 3.63) is 39.1 Å². The molecule has 1 aliphatic rings. The molecule has 142 valence electrons. The zero-order valence-electron chi connectivity index (χ0n) is 16.4. The van der Waals surface area contributed by atoms with Crippen LogP contribution in [-0.2, 0) is 17.7 Å². The number of hydrogen-bond acceptors (Lipinski definition) is 5. The topological polar surface area (TPSA) is 42.4 Å². The third-order valence-electron chi connectivity index (χ3n) is 4.72. The number of aryl methyl sites for hydroxylation is 2. The Labute approximate surface area is 167 Å². The molecule has 0 fully saturated rings. The highest BCUT2D eigenvalue weighted by atomic mass is 32.1. The van der Waals surface area contributed by atoms with Gasteiger partial charge in [-0.15, -0.1) is 22.7 Å². The average Bonchev–Trinajstić information content (AvgIpc) is 3.13. The number of amides is 1. The minimum atomic E-state index is -0.466. The van der Waals surface area contributed by atoms with Gasteiger partial charge in [-0.3, -0.25) is 0 Å². The van der Waals surface area contributed by atoms with Gasteiger partial charge in [0.1, 0.15) is 10.6 Å². The van der Waals surface area contributed by atoms with Crippen LogP contribution in [0.1, 0.15) is 41.7 Å². The quantitative estimate of drug-likeness (QED) is 0.508. The summed E-state index contributed by atoms with van der Waals surface area (Å²) in [5.41, 5.74) is 4.48. The lowest BCUT2D eigenvalue weighted by atomic mass is 10.0. The molecule has 3 aromatic rings. The second kappa shape index (κ2) is 6.60. The van der Waals surface area contributed by atoms with E-state index >= 15 is 0 Å². The summed E-state index contributed by atoms with van der Waals surface area (Å²) in [4.78, 5) is 21.7. The second-order valence-electron chi connectivity index (χ2n) is 8.03. The van der Waals surface area contributed by atoms with Crippen LogP contribution in [0.2, 0.25) is 0 Å². The first kappa shape index (κ1) is 18.4. The number of thiophene rings is 1. The lowest BCUT2D eigenvalue weighted by Gasteiger charge is -2.30. The van der Waals surface area contributed by atoms with Crippen molar-refractivity contribution in [1.82, 2.24) is 9.88 Å². The number of hydrogen-bond donors (Lipinski definition) is 0. The van der Waals surface area contributed by atoms with Crippen molar-refractivity contribution in [2.45, 2.75) is 53.2 Å². The number of benzene rings is 1. The van der Waals surface area contributed by atoms with E-state index in [0.717, 1.165) is 16.9 Å². The highest BCUT2D eigenvalue weighted by Gasteiger charge is 2.30. The number of nitrogens with zero attached hydrogens (tertiary/aromatic N) is 2. The number of rotatable bonds is 1. The molecule has 1 amide bonds. The Hall–Kier alpha value is -1.92. The molecule has 0 radical (unpaired) electrons. The van der Waals surface area contributed by atoms with Crippen molar-refractivity contribution >= 4 is 39.0 Å². The largest absolute Gasteiger partial charge is 0.444 e. The van der Waals surface area contributed by atoms with Crippen molar-refractivity contribution < 1.29 is 9.53 Å². The molecular formula is C21H24N2O2S2. The summed E-state index contributed by atoms with van der Waals surface area (Å²) in [6, 6.07) is 6.34. The van der Waals surface area contributed by atoms with E-state index in [1.165, 1.54) is 31.1 Å². The first-order valence-electron chi connectivity index (χ1n) is 9.18. The Kier molecular flexibility index (Phi) is 4.51. The minimum absolute atomic E-state index is 0.226. The first-order chi connectivity index (χ1) is 12.7. The highest BCUT2D eigenvalue weighted by molar-refractivity contribution is 7.22. The molecule has 0 saturated carbocycles. The molecule has 0 saturated heterocycles. The van der Waals surface area contributed by atoms with E-state index in [1.807, 2.05) is 25.7 Å². The molecule has 4 nitrogen and oxygen atoms in total. The summed E-state index contributed by atoms with van der Waals surface area (Å²) in [6.45, 7) is 11.3. The first-order valence-corrected chi connectivity index (χ1v) is 10.8. The zero-order chi connectivity index (χ0) is 19.3. The van der Waals surface area contributed by atoms with Crippen molar-refractivity contribution in [1.29, 1.82) is 0 Å². The van der Waals surface area contributed by atoms with Crippen LogP contribution in [0, 0.1) is 13.8 Å². The fourth-order valence-electron chi connectivity index (χ4n) is 3.50. The molecule has 1 aromatic carbocycles. The molecule has 4 rings (SSSR count). The van der Waals surface area contributed by atoms with E-state index in [-0.39, 0.29) is 6.09 Å². The summed E-state index contributed by atoms with van der Waals surface area (Å²) in [5.74, 6) is 0. The molecular weight excluding hydrogens is 376 g/mol. The second-order valence-corrected chi connectivity index (χ2v) is 10.4. The van der Waals surface area contributed by atoms with E-state index in [9.17, 15) is 4.79 Å². The van der Waals surface area contributed by atoms with Crippen LogP contribution >= 0.6 is 22.7 Å². The number of ether oxygens (including phenoxy) is 1. The van der Waals surface area contributed by atoms with Crippen LogP contribution in [0.25, 0.3) is 20.8 Å². The van der Waals surface area contributed by atoms with E-state index in [0.29, 0.717) is 13.1 Å². The third kappa shape index (κ3) is 3.48. The van der Waals surface area contributed by atoms with E-state index in [2.05, 4.69) is 32.0 Å². The number of fused-ring (bicyclic) bond motifs is 2. The van der Waals surface area contributed by atoms with E-state index in [1.54, 1.807) is 22.7 Å². The SMILES string of the molecule is Cc1sc2c(c1-c1nc3c(C)cccc3s1)CCN(C(=O)OC(C)(C)C)C2. The van der Waals surface area contributed by atoms with Gasteiger partial charge >= 0.3 is 6.09 Å². The number of carbonyl (C=O) groups is 1. The van der Waals surface area contributed by atoms with Gasteiger partial charge in [-0.05, 0) is 58.2 Å². The molecule has 6 heteroatoms. The van der Waals surface area contributed by atoms with Gasteiger partial charge in [-0.2, -0.15) is 0 Å². The Morgan fingerprint density at radius 3 is 2.70 bits per heavy atom. The van der Waals surface area contributed by atoms with Gasteiger partial charge in [0.2, 0.25) is 0 Å². The third-order valence-corrected chi connectivity index (χ3v) is 6.89. The number of thiazole rings is 1. The van der Waals surface area contributed by atoms with Crippen LogP contribution < -0.4 is 0 Å². The lowest BCUT2D eigenvalue weighted by molar-refractivity contribution is 0.0227. The molecule has 2 aromatic heterocycles. The van der Waals surface area contributed by atoms with Crippen LogP contribution in [0.5, 0.6) is 0 Å². The van der Waals surface area contributed by atoms with Crippen LogP contribution in [0.15, 0.2) is 18.2 Å². The fraction of sp³-hybridized carbons (Fsp3) is 0.429. The maximum Gasteiger partial charge on any atom is 0.410 e. The van der Waals surface area contributed by atoms with Gasteiger partial charge in [0.15, 0.2) is 0 Å². The molecule has 0 atom stereocenters. The molecule has 1 aliphatic heterocycles. The van der Waals surface area contributed by atoms with Crippen molar-refractivity contribution in [3.63, 3.8) is 0 Å². The van der Waals surface area contributed by atoms with Gasteiger partial charge in [0.05, 0.1) is 16.8 Å². The van der Waals surface area contributed by atoms with Crippen molar-refractivity contribution in [2.75, 3.05) is 6.54 Å². The van der Waals surface area contributed by atoms with Gasteiger partial charge in [-0.25, -0.2) is 9.78 Å². The number of aromatic nitrogens is 1. The van der Waals surface area contributed by atoms with E-state index in [4.69, 9.17) is 9.72 Å². The molecule has 0 aliphatic carbocycles. The fourth-order valence-corrected chi connectivity index (χ4v) is 5.97. The molecule has 3 heterocycles. The van der Waals surface area contributed by atoms with E-state index < -0.39 is 5.60 Å². The summed E-state index contributed by atoms with van der Waals surface area (Å²) in [5, 5.41) is 1.10. The Bertz CT molecular complexity index is 1030.